The number of ether oxygens (including phenoxy) is 2. The molecule has 1 aromatic heterocycles. The summed E-state index contributed by atoms with van der Waals surface area (Å²) in [4.78, 5) is 26.8. The Labute approximate surface area is 210 Å². The lowest BCUT2D eigenvalue weighted by atomic mass is 9.75. The Hall–Kier alpha value is -3.38. The third-order valence-electron chi connectivity index (χ3n) is 7.87. The number of carbonyl (C=O) groups is 2. The number of esters is 1. The summed E-state index contributed by atoms with van der Waals surface area (Å²) < 4.78 is 13.8. The van der Waals surface area contributed by atoms with Crippen LogP contribution in [0.3, 0.4) is 0 Å². The van der Waals surface area contributed by atoms with Crippen LogP contribution in [0, 0.1) is 0 Å². The molecule has 1 aliphatic carbocycles. The topological polar surface area (TPSA) is 69.6 Å². The maximum Gasteiger partial charge on any atom is 0.336 e. The fraction of sp³-hybridized carbons (Fsp3) is 0.400. The molecule has 0 amide bonds. The van der Waals surface area contributed by atoms with Gasteiger partial charge in [-0.05, 0) is 63.3 Å². The van der Waals surface area contributed by atoms with Crippen molar-refractivity contribution in [2.24, 2.45) is 0 Å². The van der Waals surface area contributed by atoms with Crippen molar-refractivity contribution in [2.45, 2.75) is 64.5 Å². The van der Waals surface area contributed by atoms with Crippen LogP contribution in [0.15, 0.2) is 65.0 Å². The van der Waals surface area contributed by atoms with Gasteiger partial charge in [0.2, 0.25) is 0 Å². The number of hydrogen-bond donors (Lipinski definition) is 1. The zero-order valence-corrected chi connectivity index (χ0v) is 20.9. The van der Waals surface area contributed by atoms with E-state index >= 15 is 0 Å². The lowest BCUT2D eigenvalue weighted by Gasteiger charge is -2.34. The molecule has 1 N–H and O–H groups in total. The zero-order chi connectivity index (χ0) is 24.8. The number of allylic oxidation sites excluding steroid dienone is 3. The summed E-state index contributed by atoms with van der Waals surface area (Å²) in [5, 5.41) is 5.71. The van der Waals surface area contributed by atoms with Gasteiger partial charge in [0.25, 0.3) is 0 Å². The van der Waals surface area contributed by atoms with Crippen LogP contribution in [0.1, 0.15) is 57.4 Å². The summed E-state index contributed by atoms with van der Waals surface area (Å²) in [7, 11) is 0. The highest BCUT2D eigenvalue weighted by Gasteiger charge is 2.39. The second kappa shape index (κ2) is 9.25. The molecule has 0 saturated carbocycles. The van der Waals surface area contributed by atoms with E-state index in [1.165, 1.54) is 10.9 Å². The molecule has 2 atom stereocenters. The van der Waals surface area contributed by atoms with Crippen LogP contribution in [0.5, 0.6) is 0 Å². The van der Waals surface area contributed by atoms with Gasteiger partial charge in [0.05, 0.1) is 11.7 Å². The number of para-hydroxylation sites is 1. The molecule has 0 spiro atoms. The number of fused-ring (bicyclic) bond motifs is 3. The number of Topliss-reactive ketones (excluding diaryl/α,β-unsaturated/α-hetero) is 1. The number of ketones is 1. The van der Waals surface area contributed by atoms with Crippen molar-refractivity contribution in [2.75, 3.05) is 13.2 Å². The van der Waals surface area contributed by atoms with E-state index in [0.717, 1.165) is 65.7 Å². The van der Waals surface area contributed by atoms with E-state index in [0.29, 0.717) is 18.6 Å². The molecule has 6 rings (SSSR count). The van der Waals surface area contributed by atoms with Gasteiger partial charge in [-0.25, -0.2) is 4.79 Å². The number of rotatable bonds is 5. The van der Waals surface area contributed by atoms with Crippen LogP contribution in [0.2, 0.25) is 0 Å². The Morgan fingerprint density at radius 2 is 1.94 bits per heavy atom. The first-order chi connectivity index (χ1) is 17.6. The van der Waals surface area contributed by atoms with Crippen molar-refractivity contribution in [1.29, 1.82) is 0 Å². The fourth-order valence-corrected chi connectivity index (χ4v) is 6.20. The number of nitrogens with one attached hydrogen (secondary N) is 1. The highest BCUT2D eigenvalue weighted by molar-refractivity contribution is 6.09. The minimum absolute atomic E-state index is 0.0486. The third kappa shape index (κ3) is 3.75. The summed E-state index contributed by atoms with van der Waals surface area (Å²) in [5.41, 5.74) is 6.25. The first kappa shape index (κ1) is 23.0. The van der Waals surface area contributed by atoms with Gasteiger partial charge in [0.1, 0.15) is 6.61 Å². The summed E-state index contributed by atoms with van der Waals surface area (Å²) in [6.45, 7) is 5.89. The second-order valence-electron chi connectivity index (χ2n) is 10.0. The van der Waals surface area contributed by atoms with Gasteiger partial charge in [0, 0.05) is 64.3 Å². The zero-order valence-electron chi connectivity index (χ0n) is 20.9. The van der Waals surface area contributed by atoms with E-state index in [-0.39, 0.29) is 24.5 Å². The molecule has 6 heteroatoms. The van der Waals surface area contributed by atoms with Crippen LogP contribution in [0.4, 0.5) is 0 Å². The minimum atomic E-state index is -0.445. The molecule has 0 unspecified atom stereocenters. The standard InChI is InChI=1S/C30H32N2O4/c1-3-32-24-11-5-4-9-21(24)22-16-19(13-14-25(22)32)28-27(30(34)36-17-20-8-7-15-35-20)18(2)31-23-10-6-12-26(33)29(23)28/h4-5,9,11,13-14,16,20,28,31H,3,6-8,10,12,15,17H2,1-2H3/t20-,28+/m1/s1. The molecule has 3 aromatic rings. The molecular weight excluding hydrogens is 452 g/mol. The smallest absolute Gasteiger partial charge is 0.336 e. The number of dihydropyridines is 1. The molecule has 0 bridgehead atoms. The van der Waals surface area contributed by atoms with Crippen molar-refractivity contribution in [3.05, 3.63) is 70.6 Å². The monoisotopic (exact) mass is 484 g/mol. The Kier molecular flexibility index (Phi) is 5.92. The summed E-state index contributed by atoms with van der Waals surface area (Å²) >= 11 is 0. The minimum Gasteiger partial charge on any atom is -0.459 e. The average molecular weight is 485 g/mol. The summed E-state index contributed by atoms with van der Waals surface area (Å²) in [6, 6.07) is 14.8. The van der Waals surface area contributed by atoms with E-state index in [4.69, 9.17) is 9.47 Å². The Morgan fingerprint density at radius 3 is 2.75 bits per heavy atom. The predicted octanol–water partition coefficient (Wildman–Crippen LogP) is 5.50. The Morgan fingerprint density at radius 1 is 1.11 bits per heavy atom. The first-order valence-corrected chi connectivity index (χ1v) is 13.1. The van der Waals surface area contributed by atoms with Gasteiger partial charge >= 0.3 is 5.97 Å². The molecule has 3 heterocycles. The molecule has 2 aliphatic heterocycles. The molecule has 0 radical (unpaired) electrons. The third-order valence-corrected chi connectivity index (χ3v) is 7.87. The number of carbonyl (C=O) groups excluding carboxylic acids is 2. The van der Waals surface area contributed by atoms with E-state index in [9.17, 15) is 9.59 Å². The predicted molar refractivity (Wildman–Crippen MR) is 140 cm³/mol. The first-order valence-electron chi connectivity index (χ1n) is 13.1. The largest absolute Gasteiger partial charge is 0.459 e. The molecule has 36 heavy (non-hydrogen) atoms. The molecule has 1 saturated heterocycles. The van der Waals surface area contributed by atoms with Crippen molar-refractivity contribution in [1.82, 2.24) is 9.88 Å². The number of nitrogens with zero attached hydrogens (tertiary/aromatic N) is 1. The highest BCUT2D eigenvalue weighted by Crippen LogP contribution is 2.44. The van der Waals surface area contributed by atoms with Gasteiger partial charge in [-0.2, -0.15) is 0 Å². The van der Waals surface area contributed by atoms with Crippen LogP contribution >= 0.6 is 0 Å². The normalized spacial score (nSPS) is 22.3. The maximum absolute atomic E-state index is 13.5. The van der Waals surface area contributed by atoms with Crippen molar-refractivity contribution in [3.63, 3.8) is 0 Å². The van der Waals surface area contributed by atoms with Crippen LogP contribution < -0.4 is 5.32 Å². The summed E-state index contributed by atoms with van der Waals surface area (Å²) in [5.74, 6) is -0.706. The maximum atomic E-state index is 13.5. The highest BCUT2D eigenvalue weighted by atomic mass is 16.6. The fourth-order valence-electron chi connectivity index (χ4n) is 6.20. The molecule has 1 fully saturated rings. The number of benzene rings is 2. The number of aryl methyl sites for hydroxylation is 1. The van der Waals surface area contributed by atoms with Crippen molar-refractivity contribution < 1.29 is 19.1 Å². The van der Waals surface area contributed by atoms with Gasteiger partial charge in [-0.3, -0.25) is 4.79 Å². The van der Waals surface area contributed by atoms with E-state index in [1.807, 2.05) is 6.92 Å². The Bertz CT molecular complexity index is 1440. The Balaban J connectivity index is 1.47. The SMILES string of the molecule is CCn1c2ccccc2c2cc([C@H]3C(C(=O)OC[C@H]4CCCO4)=C(C)NC4=C3C(=O)CCC4)ccc21. The number of hydrogen-bond acceptors (Lipinski definition) is 5. The van der Waals surface area contributed by atoms with Crippen LogP contribution in [-0.2, 0) is 25.6 Å². The second-order valence-corrected chi connectivity index (χ2v) is 10.0. The lowest BCUT2D eigenvalue weighted by Crippen LogP contribution is -2.35. The molecule has 186 valence electrons. The molecule has 2 aromatic carbocycles. The van der Waals surface area contributed by atoms with E-state index in [1.54, 1.807) is 0 Å². The molecule has 6 nitrogen and oxygen atoms in total. The van der Waals surface area contributed by atoms with Crippen molar-refractivity contribution in [3.8, 4) is 0 Å². The number of aromatic nitrogens is 1. The molecular formula is C30H32N2O4. The lowest BCUT2D eigenvalue weighted by molar-refractivity contribution is -0.142. The van der Waals surface area contributed by atoms with Crippen molar-refractivity contribution >= 4 is 33.6 Å². The van der Waals surface area contributed by atoms with Crippen LogP contribution in [0.25, 0.3) is 21.8 Å². The van der Waals surface area contributed by atoms with Gasteiger partial charge < -0.3 is 19.4 Å². The quantitative estimate of drug-likeness (QED) is 0.484. The van der Waals surface area contributed by atoms with Gasteiger partial charge in [-0.15, -0.1) is 0 Å². The average Bonchev–Trinajstić information content (AvgIpc) is 3.52. The van der Waals surface area contributed by atoms with E-state index < -0.39 is 5.92 Å². The van der Waals surface area contributed by atoms with Gasteiger partial charge in [0.15, 0.2) is 5.78 Å². The van der Waals surface area contributed by atoms with Gasteiger partial charge in [-0.1, -0.05) is 24.3 Å². The van der Waals surface area contributed by atoms with Crippen LogP contribution in [-0.4, -0.2) is 35.6 Å². The van der Waals surface area contributed by atoms with E-state index in [2.05, 4.69) is 59.3 Å². The molecule has 3 aliphatic rings. The summed E-state index contributed by atoms with van der Waals surface area (Å²) in [6.07, 6.45) is 3.98.